The molecule has 0 fully saturated rings. The summed E-state index contributed by atoms with van der Waals surface area (Å²) in [5.74, 6) is -0.760. The average Bonchev–Trinajstić information content (AvgIpc) is 2.54. The molecule has 0 aliphatic heterocycles. The molecule has 6 nitrogen and oxygen atoms in total. The Balaban J connectivity index is 2.82. The molecule has 0 heterocycles. The van der Waals surface area contributed by atoms with Crippen LogP contribution in [0.5, 0.6) is 5.75 Å². The van der Waals surface area contributed by atoms with Crippen molar-refractivity contribution in [3.8, 4) is 11.8 Å². The fourth-order valence-electron chi connectivity index (χ4n) is 2.06. The van der Waals surface area contributed by atoms with E-state index in [2.05, 4.69) is 4.99 Å². The Kier molecular flexibility index (Phi) is 7.78. The number of ether oxygens (including phenoxy) is 2. The van der Waals surface area contributed by atoms with Gasteiger partial charge in [-0.05, 0) is 38.7 Å². The van der Waals surface area contributed by atoms with Crippen LogP contribution in [0.1, 0.15) is 18.5 Å². The lowest BCUT2D eigenvalue weighted by atomic mass is 10.1. The van der Waals surface area contributed by atoms with Crippen molar-refractivity contribution in [2.45, 2.75) is 13.0 Å². The number of carbonyl (C=O) groups is 1. The smallest absolute Gasteiger partial charge is 0.328 e. The van der Waals surface area contributed by atoms with Crippen molar-refractivity contribution < 1.29 is 14.3 Å². The number of nitrogens with zero attached hydrogens (tertiary/aromatic N) is 3. The number of aliphatic imine (C=N–C) groups is 1. The number of hydrogen-bond donors (Lipinski definition) is 0. The van der Waals surface area contributed by atoms with Crippen molar-refractivity contribution in [2.24, 2.45) is 10.9 Å². The van der Waals surface area contributed by atoms with Gasteiger partial charge in [0.25, 0.3) is 0 Å². The first-order valence-electron chi connectivity index (χ1n) is 7.40. The van der Waals surface area contributed by atoms with Gasteiger partial charge in [-0.2, -0.15) is 5.26 Å². The summed E-state index contributed by atoms with van der Waals surface area (Å²) in [6, 6.07) is 9.66. The molecular weight excluding hydrogens is 294 g/mol. The number of carbonyl (C=O) groups excluding carboxylic acids is 1. The SMILES string of the molecule is CCOC(=O)[C@H](C#N)C=NC[C@H](c1cccc(OC)c1)N(C)C. The number of esters is 1. The molecule has 0 radical (unpaired) electrons. The van der Waals surface area contributed by atoms with Gasteiger partial charge >= 0.3 is 5.97 Å². The molecule has 0 aliphatic rings. The number of hydrogen-bond acceptors (Lipinski definition) is 6. The Morgan fingerprint density at radius 3 is 2.78 bits per heavy atom. The minimum Gasteiger partial charge on any atom is -0.497 e. The molecule has 6 heteroatoms. The van der Waals surface area contributed by atoms with Crippen LogP contribution in [0.4, 0.5) is 0 Å². The molecule has 2 atom stereocenters. The molecule has 0 aliphatic carbocycles. The van der Waals surface area contributed by atoms with E-state index in [1.807, 2.05) is 49.3 Å². The second kappa shape index (κ2) is 9.59. The second-order valence-electron chi connectivity index (χ2n) is 5.13. The molecule has 0 N–H and O–H groups in total. The quantitative estimate of drug-likeness (QED) is 0.542. The molecule has 0 spiro atoms. The van der Waals surface area contributed by atoms with E-state index < -0.39 is 11.9 Å². The van der Waals surface area contributed by atoms with Crippen molar-refractivity contribution in [1.29, 1.82) is 5.26 Å². The van der Waals surface area contributed by atoms with E-state index in [0.717, 1.165) is 11.3 Å². The highest BCUT2D eigenvalue weighted by Crippen LogP contribution is 2.22. The standard InChI is InChI=1S/C17H23N3O3/c1-5-23-17(21)14(10-18)11-19-12-16(20(2)3)13-7-6-8-15(9-13)22-4/h6-9,11,14,16H,5,12H2,1-4H3/t14-,16-/m1/s1. The van der Waals surface area contributed by atoms with Crippen LogP contribution in [0.3, 0.4) is 0 Å². The molecule has 0 saturated carbocycles. The highest BCUT2D eigenvalue weighted by molar-refractivity contribution is 5.92. The van der Waals surface area contributed by atoms with E-state index in [4.69, 9.17) is 14.7 Å². The number of nitriles is 1. The van der Waals surface area contributed by atoms with Gasteiger partial charge in [-0.1, -0.05) is 12.1 Å². The Bertz CT molecular complexity index is 579. The fraction of sp³-hybridized carbons (Fsp3) is 0.471. The predicted molar refractivity (Wildman–Crippen MR) is 88.5 cm³/mol. The first-order valence-corrected chi connectivity index (χ1v) is 7.40. The number of benzene rings is 1. The summed E-state index contributed by atoms with van der Waals surface area (Å²) < 4.78 is 10.1. The molecule has 0 aromatic heterocycles. The van der Waals surface area contributed by atoms with Crippen molar-refractivity contribution in [1.82, 2.24) is 4.90 Å². The van der Waals surface area contributed by atoms with Gasteiger partial charge < -0.3 is 14.4 Å². The van der Waals surface area contributed by atoms with Gasteiger partial charge in [-0.25, -0.2) is 0 Å². The maximum atomic E-state index is 11.6. The van der Waals surface area contributed by atoms with Crippen LogP contribution in [-0.2, 0) is 9.53 Å². The minimum absolute atomic E-state index is 0.0166. The van der Waals surface area contributed by atoms with Crippen LogP contribution >= 0.6 is 0 Å². The van der Waals surface area contributed by atoms with Crippen LogP contribution in [0.2, 0.25) is 0 Å². The molecular formula is C17H23N3O3. The number of methoxy groups -OCH3 is 1. The van der Waals surface area contributed by atoms with Gasteiger partial charge in [-0.3, -0.25) is 9.79 Å². The summed E-state index contributed by atoms with van der Waals surface area (Å²) in [6.07, 6.45) is 1.36. The molecule has 124 valence electrons. The summed E-state index contributed by atoms with van der Waals surface area (Å²) in [6.45, 7) is 2.38. The summed E-state index contributed by atoms with van der Waals surface area (Å²) in [4.78, 5) is 17.9. The van der Waals surface area contributed by atoms with Crippen molar-refractivity contribution >= 4 is 12.2 Å². The van der Waals surface area contributed by atoms with Crippen LogP contribution < -0.4 is 4.74 Å². The van der Waals surface area contributed by atoms with E-state index in [1.165, 1.54) is 6.21 Å². The van der Waals surface area contributed by atoms with Crippen molar-refractivity contribution in [2.75, 3.05) is 34.4 Å². The Labute approximate surface area is 137 Å². The molecule has 0 saturated heterocycles. The van der Waals surface area contributed by atoms with E-state index in [9.17, 15) is 4.79 Å². The summed E-state index contributed by atoms with van der Waals surface area (Å²) in [5, 5.41) is 9.01. The Hall–Kier alpha value is -2.39. The lowest BCUT2D eigenvalue weighted by Gasteiger charge is -2.23. The number of likely N-dealkylation sites (N-methyl/N-ethyl adjacent to an activating group) is 1. The molecule has 0 bridgehead atoms. The lowest BCUT2D eigenvalue weighted by Crippen LogP contribution is -2.23. The molecule has 0 amide bonds. The van der Waals surface area contributed by atoms with Crippen LogP contribution in [0, 0.1) is 17.2 Å². The second-order valence-corrected chi connectivity index (χ2v) is 5.13. The molecule has 1 aromatic rings. The first kappa shape index (κ1) is 18.7. The van der Waals surface area contributed by atoms with E-state index in [0.29, 0.717) is 6.54 Å². The van der Waals surface area contributed by atoms with Gasteiger partial charge in [0.05, 0.1) is 32.4 Å². The zero-order chi connectivity index (χ0) is 17.2. The van der Waals surface area contributed by atoms with Crippen molar-refractivity contribution in [3.63, 3.8) is 0 Å². The lowest BCUT2D eigenvalue weighted by molar-refractivity contribution is -0.143. The highest BCUT2D eigenvalue weighted by atomic mass is 16.5. The van der Waals surface area contributed by atoms with Crippen LogP contribution in [0.25, 0.3) is 0 Å². The van der Waals surface area contributed by atoms with Gasteiger partial charge in [-0.15, -0.1) is 0 Å². The molecule has 1 aromatic carbocycles. The zero-order valence-corrected chi connectivity index (χ0v) is 14.0. The van der Waals surface area contributed by atoms with E-state index in [1.54, 1.807) is 14.0 Å². The molecule has 23 heavy (non-hydrogen) atoms. The Morgan fingerprint density at radius 1 is 1.48 bits per heavy atom. The first-order chi connectivity index (χ1) is 11.0. The van der Waals surface area contributed by atoms with Gasteiger partial charge in [0, 0.05) is 6.21 Å². The predicted octanol–water partition coefficient (Wildman–Crippen LogP) is 2.07. The largest absolute Gasteiger partial charge is 0.497 e. The fourth-order valence-corrected chi connectivity index (χ4v) is 2.06. The number of rotatable bonds is 8. The maximum Gasteiger partial charge on any atom is 0.328 e. The minimum atomic E-state index is -0.969. The third-order valence-electron chi connectivity index (χ3n) is 3.31. The summed E-state index contributed by atoms with van der Waals surface area (Å²) in [7, 11) is 5.53. The monoisotopic (exact) mass is 317 g/mol. The van der Waals surface area contributed by atoms with Gasteiger partial charge in [0.15, 0.2) is 5.92 Å². The topological polar surface area (TPSA) is 74.9 Å². The third-order valence-corrected chi connectivity index (χ3v) is 3.31. The summed E-state index contributed by atoms with van der Waals surface area (Å²) >= 11 is 0. The van der Waals surface area contributed by atoms with Crippen LogP contribution in [-0.4, -0.2) is 51.4 Å². The zero-order valence-electron chi connectivity index (χ0n) is 14.0. The van der Waals surface area contributed by atoms with E-state index >= 15 is 0 Å². The maximum absolute atomic E-state index is 11.6. The van der Waals surface area contributed by atoms with Crippen molar-refractivity contribution in [3.05, 3.63) is 29.8 Å². The van der Waals surface area contributed by atoms with Crippen LogP contribution in [0.15, 0.2) is 29.3 Å². The van der Waals surface area contributed by atoms with Gasteiger partial charge in [0.2, 0.25) is 0 Å². The highest BCUT2D eigenvalue weighted by Gasteiger charge is 2.18. The molecule has 1 rings (SSSR count). The normalized spacial score (nSPS) is 13.6. The van der Waals surface area contributed by atoms with E-state index in [-0.39, 0.29) is 12.6 Å². The summed E-state index contributed by atoms with van der Waals surface area (Å²) in [5.41, 5.74) is 1.05. The average molecular weight is 317 g/mol. The third kappa shape index (κ3) is 5.72. The Morgan fingerprint density at radius 2 is 2.22 bits per heavy atom. The molecule has 0 unspecified atom stereocenters. The van der Waals surface area contributed by atoms with Gasteiger partial charge in [0.1, 0.15) is 5.75 Å².